The van der Waals surface area contributed by atoms with E-state index in [1.54, 1.807) is 6.07 Å². The molecule has 0 fully saturated rings. The summed E-state index contributed by atoms with van der Waals surface area (Å²) in [4.78, 5) is 32.6. The summed E-state index contributed by atoms with van der Waals surface area (Å²) in [6, 6.07) is 5.30. The number of thiophene rings is 1. The number of fused-ring (bicyclic) bond motifs is 1. The Labute approximate surface area is 186 Å². The SMILES string of the molecule is COc1cc(-c2cc3[nH]c(=O)n(-c4cncc(OCC(F)F)c4)c(=O)c3s2)c(Cl)cc1F. The van der Waals surface area contributed by atoms with Crippen molar-refractivity contribution in [3.63, 3.8) is 0 Å². The van der Waals surface area contributed by atoms with Gasteiger partial charge in [0.1, 0.15) is 17.1 Å². The first-order chi connectivity index (χ1) is 15.3. The summed E-state index contributed by atoms with van der Waals surface area (Å²) in [6.45, 7) is -0.856. The quantitative estimate of drug-likeness (QED) is 0.443. The highest BCUT2D eigenvalue weighted by Gasteiger charge is 2.18. The minimum absolute atomic E-state index is 0.0220. The second kappa shape index (κ2) is 8.67. The predicted octanol–water partition coefficient (Wildman–Crippen LogP) is 4.25. The first-order valence-corrected chi connectivity index (χ1v) is 10.2. The Morgan fingerprint density at radius 2 is 2.00 bits per heavy atom. The highest BCUT2D eigenvalue weighted by molar-refractivity contribution is 7.22. The molecule has 3 heterocycles. The Balaban J connectivity index is 1.83. The predicted molar refractivity (Wildman–Crippen MR) is 114 cm³/mol. The Bertz CT molecular complexity index is 1430. The summed E-state index contributed by atoms with van der Waals surface area (Å²) in [5.74, 6) is -0.690. The third-order valence-electron chi connectivity index (χ3n) is 4.41. The Kier molecular flexibility index (Phi) is 5.94. The van der Waals surface area contributed by atoms with Gasteiger partial charge >= 0.3 is 5.69 Å². The van der Waals surface area contributed by atoms with Gasteiger partial charge in [0, 0.05) is 16.5 Å². The summed E-state index contributed by atoms with van der Waals surface area (Å²) in [5.41, 5.74) is -0.697. The number of nitrogens with one attached hydrogen (secondary N) is 1. The molecule has 0 aliphatic heterocycles. The molecule has 1 aromatic carbocycles. The zero-order chi connectivity index (χ0) is 23.0. The fourth-order valence-electron chi connectivity index (χ4n) is 3.02. The smallest absolute Gasteiger partial charge is 0.333 e. The second-order valence-corrected chi connectivity index (χ2v) is 7.93. The molecule has 32 heavy (non-hydrogen) atoms. The molecule has 0 spiro atoms. The number of methoxy groups -OCH3 is 1. The van der Waals surface area contributed by atoms with Gasteiger partial charge in [0.2, 0.25) is 0 Å². The number of hydrogen-bond donors (Lipinski definition) is 1. The van der Waals surface area contributed by atoms with Gasteiger partial charge in [-0.25, -0.2) is 22.5 Å². The zero-order valence-electron chi connectivity index (χ0n) is 16.2. The number of alkyl halides is 2. The first-order valence-electron chi connectivity index (χ1n) is 8.97. The van der Waals surface area contributed by atoms with Gasteiger partial charge in [-0.1, -0.05) is 11.6 Å². The van der Waals surface area contributed by atoms with Crippen LogP contribution >= 0.6 is 22.9 Å². The fraction of sp³-hybridized carbons (Fsp3) is 0.150. The molecular formula is C20H13ClF3N3O4S. The summed E-state index contributed by atoms with van der Waals surface area (Å²) in [7, 11) is 1.31. The molecular weight excluding hydrogens is 471 g/mol. The normalized spacial score (nSPS) is 11.3. The lowest BCUT2D eigenvalue weighted by atomic mass is 10.1. The van der Waals surface area contributed by atoms with Crippen molar-refractivity contribution >= 4 is 33.2 Å². The van der Waals surface area contributed by atoms with Crippen LogP contribution in [0.1, 0.15) is 0 Å². The highest BCUT2D eigenvalue weighted by atomic mass is 35.5. The number of hydrogen-bond acceptors (Lipinski definition) is 6. The van der Waals surface area contributed by atoms with Crippen LogP contribution in [0.2, 0.25) is 5.02 Å². The number of aromatic nitrogens is 3. The molecule has 166 valence electrons. The standard InChI is InChI=1S/C20H13ClF3N3O4S/c1-30-15-3-11(12(21)4-13(15)22)16-5-14-18(32-16)19(28)27(20(29)26-14)9-2-10(7-25-6-9)31-8-17(23)24/h2-7,17H,8H2,1H3,(H,26,29). The number of benzene rings is 1. The van der Waals surface area contributed by atoms with Crippen LogP contribution < -0.4 is 20.7 Å². The first kappa shape index (κ1) is 21.9. The minimum Gasteiger partial charge on any atom is -0.494 e. The number of H-pyrrole nitrogens is 1. The van der Waals surface area contributed by atoms with E-state index in [0.29, 0.717) is 10.4 Å². The number of aromatic amines is 1. The topological polar surface area (TPSA) is 86.2 Å². The number of halogens is 4. The van der Waals surface area contributed by atoms with Gasteiger partial charge < -0.3 is 14.5 Å². The van der Waals surface area contributed by atoms with Crippen LogP contribution in [0.15, 0.2) is 46.2 Å². The minimum atomic E-state index is -2.69. The maximum absolute atomic E-state index is 13.9. The number of nitrogens with zero attached hydrogens (tertiary/aromatic N) is 2. The maximum Gasteiger partial charge on any atom is 0.333 e. The molecule has 1 N–H and O–H groups in total. The van der Waals surface area contributed by atoms with Crippen molar-refractivity contribution in [2.75, 3.05) is 13.7 Å². The van der Waals surface area contributed by atoms with Crippen molar-refractivity contribution in [2.45, 2.75) is 6.43 Å². The molecule has 0 aliphatic carbocycles. The molecule has 4 rings (SSSR count). The fourth-order valence-corrected chi connectivity index (χ4v) is 4.40. The molecule has 0 radical (unpaired) electrons. The molecule has 7 nitrogen and oxygen atoms in total. The highest BCUT2D eigenvalue weighted by Crippen LogP contribution is 2.38. The van der Waals surface area contributed by atoms with Crippen LogP contribution in [0.4, 0.5) is 13.2 Å². The van der Waals surface area contributed by atoms with E-state index in [-0.39, 0.29) is 32.4 Å². The van der Waals surface area contributed by atoms with Gasteiger partial charge in [0.25, 0.3) is 12.0 Å². The second-order valence-electron chi connectivity index (χ2n) is 6.47. The molecule has 0 saturated heterocycles. The van der Waals surface area contributed by atoms with E-state index in [0.717, 1.165) is 22.0 Å². The van der Waals surface area contributed by atoms with Crippen molar-refractivity contribution in [3.8, 4) is 27.6 Å². The molecule has 4 aromatic rings. The van der Waals surface area contributed by atoms with E-state index >= 15 is 0 Å². The lowest BCUT2D eigenvalue weighted by Crippen LogP contribution is -2.33. The summed E-state index contributed by atoms with van der Waals surface area (Å²) < 4.78 is 49.6. The molecule has 3 aromatic heterocycles. The molecule has 12 heteroatoms. The number of rotatable bonds is 6. The van der Waals surface area contributed by atoms with Crippen LogP contribution in [-0.4, -0.2) is 34.7 Å². The summed E-state index contributed by atoms with van der Waals surface area (Å²) in [6.07, 6.45) is -0.271. The lowest BCUT2D eigenvalue weighted by molar-refractivity contribution is 0.0817. The Morgan fingerprint density at radius 3 is 2.72 bits per heavy atom. The van der Waals surface area contributed by atoms with Crippen molar-refractivity contribution in [1.29, 1.82) is 0 Å². The molecule has 0 unspecified atom stereocenters. The van der Waals surface area contributed by atoms with Gasteiger partial charge in [-0.05, 0) is 18.2 Å². The molecule has 0 amide bonds. The summed E-state index contributed by atoms with van der Waals surface area (Å²) in [5, 5.41) is 0.102. The van der Waals surface area contributed by atoms with Crippen LogP contribution in [0.5, 0.6) is 11.5 Å². The lowest BCUT2D eigenvalue weighted by Gasteiger charge is -2.08. The van der Waals surface area contributed by atoms with Gasteiger partial charge in [0.15, 0.2) is 11.6 Å². The number of pyridine rings is 1. The Hall–Kier alpha value is -3.31. The van der Waals surface area contributed by atoms with Crippen LogP contribution in [-0.2, 0) is 0 Å². The van der Waals surface area contributed by atoms with Gasteiger partial charge in [-0.2, -0.15) is 0 Å². The van der Waals surface area contributed by atoms with Gasteiger partial charge in [-0.3, -0.25) is 9.78 Å². The van der Waals surface area contributed by atoms with Gasteiger partial charge in [-0.15, -0.1) is 11.3 Å². The van der Waals surface area contributed by atoms with Crippen molar-refractivity contribution < 1.29 is 22.6 Å². The van der Waals surface area contributed by atoms with Gasteiger partial charge in [0.05, 0.1) is 35.7 Å². The molecule has 0 saturated carbocycles. The number of ether oxygens (including phenoxy) is 2. The average Bonchev–Trinajstić information content (AvgIpc) is 3.16. The van der Waals surface area contributed by atoms with E-state index in [1.165, 1.54) is 31.6 Å². The monoisotopic (exact) mass is 483 g/mol. The third-order valence-corrected chi connectivity index (χ3v) is 5.88. The van der Waals surface area contributed by atoms with Crippen LogP contribution in [0.3, 0.4) is 0 Å². The van der Waals surface area contributed by atoms with Crippen molar-refractivity contribution in [2.24, 2.45) is 0 Å². The zero-order valence-corrected chi connectivity index (χ0v) is 17.8. The molecule has 0 bridgehead atoms. The molecule has 0 aliphatic rings. The van der Waals surface area contributed by atoms with E-state index in [2.05, 4.69) is 9.97 Å². The maximum atomic E-state index is 13.9. The summed E-state index contributed by atoms with van der Waals surface area (Å²) >= 11 is 7.20. The van der Waals surface area contributed by atoms with Crippen molar-refractivity contribution in [3.05, 3.63) is 68.3 Å². The van der Waals surface area contributed by atoms with Crippen molar-refractivity contribution in [1.82, 2.24) is 14.5 Å². The molecule has 0 atom stereocenters. The van der Waals surface area contributed by atoms with Crippen LogP contribution in [0.25, 0.3) is 26.3 Å². The third kappa shape index (κ3) is 4.08. The van der Waals surface area contributed by atoms with E-state index in [9.17, 15) is 22.8 Å². The average molecular weight is 484 g/mol. The Morgan fingerprint density at radius 1 is 1.22 bits per heavy atom. The largest absolute Gasteiger partial charge is 0.494 e. The van der Waals surface area contributed by atoms with Crippen LogP contribution in [0, 0.1) is 5.82 Å². The van der Waals surface area contributed by atoms with E-state index < -0.39 is 30.1 Å². The van der Waals surface area contributed by atoms with E-state index in [4.69, 9.17) is 21.1 Å². The van der Waals surface area contributed by atoms with E-state index in [1.807, 2.05) is 0 Å².